The van der Waals surface area contributed by atoms with Crippen LogP contribution in [0.15, 0.2) is 42.6 Å². The fraction of sp³-hybridized carbons (Fsp3) is 0.214. The van der Waals surface area contributed by atoms with Crippen LogP contribution in [0.3, 0.4) is 0 Å². The van der Waals surface area contributed by atoms with Gasteiger partial charge in [0.2, 0.25) is 0 Å². The Morgan fingerprint density at radius 1 is 1.18 bits per heavy atom. The van der Waals surface area contributed by atoms with Gasteiger partial charge in [-0.3, -0.25) is 4.98 Å². The van der Waals surface area contributed by atoms with E-state index in [-0.39, 0.29) is 0 Å². The van der Waals surface area contributed by atoms with Crippen molar-refractivity contribution >= 4 is 0 Å². The molecule has 0 aliphatic carbocycles. The molecule has 0 aliphatic heterocycles. The molecular weight excluding hydrogens is 212 g/mol. The first-order chi connectivity index (χ1) is 8.33. The van der Waals surface area contributed by atoms with Crippen LogP contribution < -0.4 is 10.5 Å². The van der Waals surface area contributed by atoms with Crippen molar-refractivity contribution in [3.8, 4) is 11.5 Å². The topological polar surface area (TPSA) is 48.1 Å². The van der Waals surface area contributed by atoms with Crippen molar-refractivity contribution in [2.45, 2.75) is 19.9 Å². The molecule has 0 radical (unpaired) electrons. The highest BCUT2D eigenvalue weighted by atomic mass is 16.5. The monoisotopic (exact) mass is 228 g/mol. The standard InChI is InChI=1S/C14H16N2O/c1-2-11-5-7-12(8-6-11)17-14-4-3-9-16-13(14)10-15/h3-9H,2,10,15H2,1H3. The minimum absolute atomic E-state index is 0.378. The van der Waals surface area contributed by atoms with Gasteiger partial charge in [0.15, 0.2) is 0 Å². The zero-order chi connectivity index (χ0) is 12.1. The second-order valence-electron chi connectivity index (χ2n) is 3.75. The Labute approximate surface area is 101 Å². The van der Waals surface area contributed by atoms with Gasteiger partial charge in [-0.15, -0.1) is 0 Å². The molecule has 1 aromatic heterocycles. The van der Waals surface area contributed by atoms with Gasteiger partial charge >= 0.3 is 0 Å². The molecule has 0 spiro atoms. The van der Waals surface area contributed by atoms with E-state index in [0.29, 0.717) is 6.54 Å². The Morgan fingerprint density at radius 3 is 2.59 bits per heavy atom. The summed E-state index contributed by atoms with van der Waals surface area (Å²) < 4.78 is 5.76. The molecule has 1 aromatic carbocycles. The average Bonchev–Trinajstić information content (AvgIpc) is 2.40. The third kappa shape index (κ3) is 2.82. The van der Waals surface area contributed by atoms with Crippen LogP contribution in [0.2, 0.25) is 0 Å². The summed E-state index contributed by atoms with van der Waals surface area (Å²) in [5.41, 5.74) is 7.67. The van der Waals surface area contributed by atoms with Gasteiger partial charge in [0.05, 0.1) is 5.69 Å². The Balaban J connectivity index is 2.19. The number of nitrogens with two attached hydrogens (primary N) is 1. The van der Waals surface area contributed by atoms with E-state index in [0.717, 1.165) is 23.6 Å². The number of rotatable bonds is 4. The molecule has 0 unspecified atom stereocenters. The van der Waals surface area contributed by atoms with Gasteiger partial charge in [-0.1, -0.05) is 19.1 Å². The number of benzene rings is 1. The predicted octanol–water partition coefficient (Wildman–Crippen LogP) is 2.90. The molecule has 0 amide bonds. The summed E-state index contributed by atoms with van der Waals surface area (Å²) in [7, 11) is 0. The normalized spacial score (nSPS) is 10.2. The average molecular weight is 228 g/mol. The van der Waals surface area contributed by atoms with Crippen LogP contribution in [0.25, 0.3) is 0 Å². The first kappa shape index (κ1) is 11.6. The molecule has 3 nitrogen and oxygen atoms in total. The Bertz CT molecular complexity index is 480. The highest BCUT2D eigenvalue weighted by Crippen LogP contribution is 2.23. The molecular formula is C14H16N2O. The van der Waals surface area contributed by atoms with Gasteiger partial charge < -0.3 is 10.5 Å². The number of pyridine rings is 1. The summed E-state index contributed by atoms with van der Waals surface area (Å²) in [5, 5.41) is 0. The van der Waals surface area contributed by atoms with E-state index in [1.165, 1.54) is 5.56 Å². The Hall–Kier alpha value is -1.87. The summed E-state index contributed by atoms with van der Waals surface area (Å²) in [4.78, 5) is 4.18. The first-order valence-corrected chi connectivity index (χ1v) is 5.74. The third-order valence-electron chi connectivity index (χ3n) is 2.60. The number of ether oxygens (including phenoxy) is 1. The lowest BCUT2D eigenvalue weighted by molar-refractivity contribution is 0.472. The molecule has 0 fully saturated rings. The lowest BCUT2D eigenvalue weighted by Gasteiger charge is -2.09. The smallest absolute Gasteiger partial charge is 0.150 e. The fourth-order valence-electron chi connectivity index (χ4n) is 1.59. The van der Waals surface area contributed by atoms with Crippen LogP contribution in [0, 0.1) is 0 Å². The lowest BCUT2D eigenvalue weighted by Crippen LogP contribution is -2.01. The van der Waals surface area contributed by atoms with E-state index in [4.69, 9.17) is 10.5 Å². The molecule has 1 heterocycles. The number of hydrogen-bond donors (Lipinski definition) is 1. The van der Waals surface area contributed by atoms with Crippen LogP contribution in [0.4, 0.5) is 0 Å². The largest absolute Gasteiger partial charge is 0.455 e. The molecule has 2 aromatic rings. The Kier molecular flexibility index (Phi) is 3.73. The molecule has 88 valence electrons. The molecule has 2 N–H and O–H groups in total. The maximum Gasteiger partial charge on any atom is 0.150 e. The highest BCUT2D eigenvalue weighted by Gasteiger charge is 2.03. The van der Waals surface area contributed by atoms with Crippen molar-refractivity contribution in [2.75, 3.05) is 0 Å². The first-order valence-electron chi connectivity index (χ1n) is 5.74. The van der Waals surface area contributed by atoms with E-state index in [9.17, 15) is 0 Å². The molecule has 3 heteroatoms. The van der Waals surface area contributed by atoms with Gasteiger partial charge in [0.25, 0.3) is 0 Å². The van der Waals surface area contributed by atoms with Gasteiger partial charge in [-0.05, 0) is 36.2 Å². The Morgan fingerprint density at radius 2 is 1.94 bits per heavy atom. The highest BCUT2D eigenvalue weighted by molar-refractivity contribution is 5.35. The SMILES string of the molecule is CCc1ccc(Oc2cccnc2CN)cc1. The van der Waals surface area contributed by atoms with Crippen molar-refractivity contribution in [3.05, 3.63) is 53.9 Å². The van der Waals surface area contributed by atoms with Crippen molar-refractivity contribution in [1.29, 1.82) is 0 Å². The van der Waals surface area contributed by atoms with Crippen LogP contribution >= 0.6 is 0 Å². The molecule has 0 bridgehead atoms. The zero-order valence-corrected chi connectivity index (χ0v) is 9.89. The van der Waals surface area contributed by atoms with Crippen LogP contribution in [-0.2, 0) is 13.0 Å². The van der Waals surface area contributed by atoms with E-state index in [2.05, 4.69) is 24.0 Å². The number of hydrogen-bond acceptors (Lipinski definition) is 3. The van der Waals surface area contributed by atoms with Crippen LogP contribution in [0.5, 0.6) is 11.5 Å². The van der Waals surface area contributed by atoms with Crippen molar-refractivity contribution in [1.82, 2.24) is 4.98 Å². The quantitative estimate of drug-likeness (QED) is 0.875. The van der Waals surface area contributed by atoms with E-state index < -0.39 is 0 Å². The zero-order valence-electron chi connectivity index (χ0n) is 9.89. The summed E-state index contributed by atoms with van der Waals surface area (Å²) >= 11 is 0. The van der Waals surface area contributed by atoms with Crippen molar-refractivity contribution in [2.24, 2.45) is 5.73 Å². The van der Waals surface area contributed by atoms with Gasteiger partial charge in [-0.25, -0.2) is 0 Å². The number of aryl methyl sites for hydroxylation is 1. The van der Waals surface area contributed by atoms with E-state index >= 15 is 0 Å². The van der Waals surface area contributed by atoms with Crippen LogP contribution in [-0.4, -0.2) is 4.98 Å². The lowest BCUT2D eigenvalue weighted by atomic mass is 10.2. The predicted molar refractivity (Wildman–Crippen MR) is 68.0 cm³/mol. The van der Waals surface area contributed by atoms with Gasteiger partial charge in [0, 0.05) is 12.7 Å². The maximum atomic E-state index is 5.76. The van der Waals surface area contributed by atoms with Gasteiger partial charge in [-0.2, -0.15) is 0 Å². The van der Waals surface area contributed by atoms with Gasteiger partial charge in [0.1, 0.15) is 11.5 Å². The summed E-state index contributed by atoms with van der Waals surface area (Å²) in [6.07, 6.45) is 2.75. The third-order valence-corrected chi connectivity index (χ3v) is 2.60. The fourth-order valence-corrected chi connectivity index (χ4v) is 1.59. The maximum absolute atomic E-state index is 5.76. The second kappa shape index (κ2) is 5.46. The molecule has 0 saturated carbocycles. The van der Waals surface area contributed by atoms with Crippen molar-refractivity contribution in [3.63, 3.8) is 0 Å². The summed E-state index contributed by atoms with van der Waals surface area (Å²) in [5.74, 6) is 1.53. The molecule has 17 heavy (non-hydrogen) atoms. The second-order valence-corrected chi connectivity index (χ2v) is 3.75. The number of nitrogens with zero attached hydrogens (tertiary/aromatic N) is 1. The summed E-state index contributed by atoms with van der Waals surface area (Å²) in [6.45, 7) is 2.51. The minimum Gasteiger partial charge on any atom is -0.455 e. The molecule has 0 atom stereocenters. The number of aromatic nitrogens is 1. The summed E-state index contributed by atoms with van der Waals surface area (Å²) in [6, 6.07) is 11.8. The molecule has 0 saturated heterocycles. The minimum atomic E-state index is 0.378. The van der Waals surface area contributed by atoms with E-state index in [1.807, 2.05) is 24.3 Å². The van der Waals surface area contributed by atoms with Crippen LogP contribution in [0.1, 0.15) is 18.2 Å². The van der Waals surface area contributed by atoms with E-state index in [1.54, 1.807) is 6.20 Å². The molecule has 0 aliphatic rings. The molecule has 2 rings (SSSR count). The van der Waals surface area contributed by atoms with Crippen molar-refractivity contribution < 1.29 is 4.74 Å².